The molecule has 14 heavy (non-hydrogen) atoms. The van der Waals surface area contributed by atoms with Gasteiger partial charge in [0.2, 0.25) is 0 Å². The predicted molar refractivity (Wildman–Crippen MR) is 57.4 cm³/mol. The van der Waals surface area contributed by atoms with Crippen molar-refractivity contribution in [2.75, 3.05) is 20.6 Å². The van der Waals surface area contributed by atoms with Crippen LogP contribution < -0.4 is 0 Å². The van der Waals surface area contributed by atoms with E-state index in [2.05, 4.69) is 13.5 Å². The molecule has 0 unspecified atom stereocenters. The van der Waals surface area contributed by atoms with E-state index in [1.54, 1.807) is 0 Å². The van der Waals surface area contributed by atoms with Crippen LogP contribution in [0, 0.1) is 0 Å². The Kier molecular flexibility index (Phi) is 6.21. The molecule has 0 spiro atoms. The minimum atomic E-state index is -0.356. The van der Waals surface area contributed by atoms with Gasteiger partial charge in [-0.25, -0.2) is 4.79 Å². The summed E-state index contributed by atoms with van der Waals surface area (Å²) >= 11 is 0. The van der Waals surface area contributed by atoms with Gasteiger partial charge >= 0.3 is 5.97 Å². The SMILES string of the molecule is C=CC(=O)O[N+](C)(C)CCCCCC. The molecule has 0 aromatic carbocycles. The molecule has 0 aromatic heterocycles. The first-order chi connectivity index (χ1) is 6.52. The lowest BCUT2D eigenvalue weighted by molar-refractivity contribution is -1.06. The molecule has 0 radical (unpaired) electrons. The summed E-state index contributed by atoms with van der Waals surface area (Å²) in [6, 6.07) is 0. The molecule has 3 heteroatoms. The van der Waals surface area contributed by atoms with Crippen molar-refractivity contribution in [3.8, 4) is 0 Å². The summed E-state index contributed by atoms with van der Waals surface area (Å²) in [5.74, 6) is -0.356. The molecule has 0 saturated heterocycles. The number of carbonyl (C=O) groups excluding carboxylic acids is 1. The van der Waals surface area contributed by atoms with Gasteiger partial charge in [0, 0.05) is 12.5 Å². The van der Waals surface area contributed by atoms with Gasteiger partial charge in [0.15, 0.2) is 0 Å². The van der Waals surface area contributed by atoms with Crippen LogP contribution in [0.5, 0.6) is 0 Å². The molecule has 0 rings (SSSR count). The van der Waals surface area contributed by atoms with Gasteiger partial charge in [0.05, 0.1) is 0 Å². The summed E-state index contributed by atoms with van der Waals surface area (Å²) in [4.78, 5) is 16.1. The third-order valence-corrected chi connectivity index (χ3v) is 2.05. The Morgan fingerprint density at radius 1 is 1.36 bits per heavy atom. The van der Waals surface area contributed by atoms with Crippen molar-refractivity contribution in [2.45, 2.75) is 32.6 Å². The average Bonchev–Trinajstić information content (AvgIpc) is 2.12. The predicted octanol–water partition coefficient (Wildman–Crippen LogP) is 2.29. The zero-order valence-corrected chi connectivity index (χ0v) is 9.58. The van der Waals surface area contributed by atoms with Crippen molar-refractivity contribution in [1.29, 1.82) is 0 Å². The summed E-state index contributed by atoms with van der Waals surface area (Å²) in [6.45, 7) is 6.41. The van der Waals surface area contributed by atoms with Crippen LogP contribution in [0.3, 0.4) is 0 Å². The molecular formula is C11H22NO2+. The standard InChI is InChI=1S/C11H22NO2/c1-5-7-8-9-10-12(3,4)14-11(13)6-2/h6H,2,5,7-10H2,1,3-4H3/q+1. The zero-order valence-electron chi connectivity index (χ0n) is 9.58. The van der Waals surface area contributed by atoms with E-state index >= 15 is 0 Å². The highest BCUT2D eigenvalue weighted by Gasteiger charge is 2.19. The van der Waals surface area contributed by atoms with Crippen molar-refractivity contribution >= 4 is 5.97 Å². The van der Waals surface area contributed by atoms with Crippen molar-refractivity contribution in [1.82, 2.24) is 0 Å². The lowest BCUT2D eigenvalue weighted by atomic mass is 10.2. The molecular weight excluding hydrogens is 178 g/mol. The fourth-order valence-electron chi connectivity index (χ4n) is 1.25. The van der Waals surface area contributed by atoms with Crippen LogP contribution in [0.15, 0.2) is 12.7 Å². The summed E-state index contributed by atoms with van der Waals surface area (Å²) in [5, 5.41) is 0. The Hall–Kier alpha value is -0.830. The van der Waals surface area contributed by atoms with Gasteiger partial charge < -0.3 is 0 Å². The summed E-state index contributed by atoms with van der Waals surface area (Å²) in [6.07, 6.45) is 5.95. The van der Waals surface area contributed by atoms with E-state index in [4.69, 9.17) is 4.84 Å². The molecule has 0 atom stereocenters. The van der Waals surface area contributed by atoms with Gasteiger partial charge in [-0.1, -0.05) is 26.3 Å². The lowest BCUT2D eigenvalue weighted by Crippen LogP contribution is -2.41. The minimum Gasteiger partial charge on any atom is -0.272 e. The molecule has 82 valence electrons. The first kappa shape index (κ1) is 13.2. The van der Waals surface area contributed by atoms with E-state index in [9.17, 15) is 4.79 Å². The van der Waals surface area contributed by atoms with E-state index in [1.165, 1.54) is 25.3 Å². The third-order valence-electron chi connectivity index (χ3n) is 2.05. The number of carbonyl (C=O) groups is 1. The number of nitrogens with zero attached hydrogens (tertiary/aromatic N) is 1. The van der Waals surface area contributed by atoms with Crippen LogP contribution in [-0.4, -0.2) is 31.3 Å². The molecule has 0 saturated carbocycles. The topological polar surface area (TPSA) is 26.3 Å². The Morgan fingerprint density at radius 3 is 2.50 bits per heavy atom. The summed E-state index contributed by atoms with van der Waals surface area (Å²) in [5.41, 5.74) is 0. The number of hydrogen-bond donors (Lipinski definition) is 0. The van der Waals surface area contributed by atoms with Gasteiger partial charge in [-0.3, -0.25) is 4.84 Å². The first-order valence-corrected chi connectivity index (χ1v) is 5.21. The molecule has 0 amide bonds. The number of rotatable bonds is 7. The normalized spacial score (nSPS) is 11.1. The first-order valence-electron chi connectivity index (χ1n) is 5.21. The zero-order chi connectivity index (χ0) is 11.0. The molecule has 0 bridgehead atoms. The second-order valence-corrected chi connectivity index (χ2v) is 3.97. The quantitative estimate of drug-likeness (QED) is 0.273. The Balaban J connectivity index is 3.71. The maximum absolute atomic E-state index is 11.0. The molecule has 0 aliphatic carbocycles. The molecule has 0 heterocycles. The second kappa shape index (κ2) is 6.60. The number of unbranched alkanes of at least 4 members (excludes halogenated alkanes) is 3. The molecule has 0 aromatic rings. The van der Waals surface area contributed by atoms with Crippen LogP contribution >= 0.6 is 0 Å². The van der Waals surface area contributed by atoms with Crippen molar-refractivity contribution in [3.05, 3.63) is 12.7 Å². The maximum atomic E-state index is 11.0. The van der Waals surface area contributed by atoms with Crippen LogP contribution in [0.25, 0.3) is 0 Å². The second-order valence-electron chi connectivity index (χ2n) is 3.97. The van der Waals surface area contributed by atoms with Crippen molar-refractivity contribution in [3.63, 3.8) is 0 Å². The molecule has 0 N–H and O–H groups in total. The van der Waals surface area contributed by atoms with E-state index in [0.29, 0.717) is 0 Å². The maximum Gasteiger partial charge on any atom is 0.389 e. The smallest absolute Gasteiger partial charge is 0.272 e. The molecule has 0 fully saturated rings. The fraction of sp³-hybridized carbons (Fsp3) is 0.727. The monoisotopic (exact) mass is 200 g/mol. The number of quaternary nitrogens is 1. The highest BCUT2D eigenvalue weighted by Crippen LogP contribution is 2.06. The summed E-state index contributed by atoms with van der Waals surface area (Å²) in [7, 11) is 3.76. The van der Waals surface area contributed by atoms with Crippen LogP contribution in [0.2, 0.25) is 0 Å². The van der Waals surface area contributed by atoms with E-state index < -0.39 is 0 Å². The Labute approximate surface area is 86.9 Å². The van der Waals surface area contributed by atoms with Crippen LogP contribution in [0.1, 0.15) is 32.6 Å². The highest BCUT2D eigenvalue weighted by atomic mass is 16.7. The largest absolute Gasteiger partial charge is 0.389 e. The van der Waals surface area contributed by atoms with Crippen LogP contribution in [0.4, 0.5) is 0 Å². The molecule has 3 nitrogen and oxygen atoms in total. The van der Waals surface area contributed by atoms with E-state index in [0.717, 1.165) is 13.0 Å². The third kappa shape index (κ3) is 6.66. The Morgan fingerprint density at radius 2 is 2.00 bits per heavy atom. The van der Waals surface area contributed by atoms with Crippen molar-refractivity contribution in [2.24, 2.45) is 0 Å². The average molecular weight is 200 g/mol. The Bertz CT molecular complexity index is 188. The molecule has 0 aliphatic rings. The van der Waals surface area contributed by atoms with Gasteiger partial charge in [0.1, 0.15) is 20.6 Å². The van der Waals surface area contributed by atoms with Gasteiger partial charge in [-0.05, 0) is 6.42 Å². The molecule has 0 aliphatic heterocycles. The lowest BCUT2D eigenvalue weighted by Gasteiger charge is -2.25. The van der Waals surface area contributed by atoms with Gasteiger partial charge in [0.25, 0.3) is 0 Å². The van der Waals surface area contributed by atoms with E-state index in [-0.39, 0.29) is 10.6 Å². The van der Waals surface area contributed by atoms with Crippen LogP contribution in [-0.2, 0) is 9.63 Å². The van der Waals surface area contributed by atoms with Crippen molar-refractivity contribution < 1.29 is 14.3 Å². The minimum absolute atomic E-state index is 0.286. The summed E-state index contributed by atoms with van der Waals surface area (Å²) < 4.78 is 0.286. The number of hydroxylamine groups is 3. The van der Waals surface area contributed by atoms with E-state index in [1.807, 2.05) is 14.1 Å². The van der Waals surface area contributed by atoms with Gasteiger partial charge in [-0.15, -0.1) is 4.65 Å². The highest BCUT2D eigenvalue weighted by molar-refractivity contribution is 5.80. The number of hydrogen-bond acceptors (Lipinski definition) is 2. The van der Waals surface area contributed by atoms with Gasteiger partial charge in [-0.2, -0.15) is 0 Å². The fourth-order valence-corrected chi connectivity index (χ4v) is 1.25.